The maximum Gasteiger partial charge on any atom is 0.217 e. The summed E-state index contributed by atoms with van der Waals surface area (Å²) in [7, 11) is -1.51. The maximum absolute atomic E-state index is 11.0. The Bertz CT molecular complexity index is 400. The number of thiazole rings is 1. The second kappa shape index (κ2) is 4.38. The lowest BCUT2D eigenvalue weighted by molar-refractivity contribution is -0.120. The third kappa shape index (κ3) is 3.08. The molecule has 3 N–H and O–H groups in total. The summed E-state index contributed by atoms with van der Waals surface area (Å²) in [5.74, 6) is -0.134. The molecule has 1 amide bonds. The maximum atomic E-state index is 11.0. The smallest absolute Gasteiger partial charge is 0.217 e. The van der Waals surface area contributed by atoms with Crippen molar-refractivity contribution in [3.8, 4) is 0 Å². The van der Waals surface area contributed by atoms with Crippen LogP contribution in [0, 0.1) is 0 Å². The molecule has 15 heavy (non-hydrogen) atoms. The van der Waals surface area contributed by atoms with E-state index in [4.69, 9.17) is 5.14 Å². The normalized spacial score (nSPS) is 13.6. The Kier molecular flexibility index (Phi) is 3.58. The summed E-state index contributed by atoms with van der Waals surface area (Å²) in [6, 6.07) is 0. The molecule has 1 aromatic rings. The molecule has 84 valence electrons. The van der Waals surface area contributed by atoms with Crippen LogP contribution >= 0.6 is 11.3 Å². The summed E-state index contributed by atoms with van der Waals surface area (Å²) in [6.07, 6.45) is 1.47. The first-order valence-electron chi connectivity index (χ1n) is 4.24. The van der Waals surface area contributed by atoms with Crippen molar-refractivity contribution in [3.63, 3.8) is 0 Å². The quantitative estimate of drug-likeness (QED) is 0.815. The van der Waals surface area contributed by atoms with E-state index in [1.54, 1.807) is 0 Å². The molecule has 1 atom stereocenters. The standard InChI is InChI=1S/C8H13N3O2S2/c1-5(12)11-8(2,3)7-10-4-6(14-7)15(9)13/h4H,9H2,1-3H3,(H,11,12). The fourth-order valence-corrected chi connectivity index (χ4v) is 2.56. The van der Waals surface area contributed by atoms with Crippen LogP contribution in [0.1, 0.15) is 25.8 Å². The van der Waals surface area contributed by atoms with Crippen LogP contribution in [0.2, 0.25) is 0 Å². The first kappa shape index (κ1) is 12.3. The van der Waals surface area contributed by atoms with Gasteiger partial charge in [-0.25, -0.2) is 14.3 Å². The Morgan fingerprint density at radius 1 is 1.67 bits per heavy atom. The number of hydrogen-bond donors (Lipinski definition) is 2. The van der Waals surface area contributed by atoms with Gasteiger partial charge in [0.05, 0.1) is 11.7 Å². The van der Waals surface area contributed by atoms with Gasteiger partial charge in [0.1, 0.15) is 20.2 Å². The number of aromatic nitrogens is 1. The van der Waals surface area contributed by atoms with Gasteiger partial charge in [0, 0.05) is 6.92 Å². The zero-order chi connectivity index (χ0) is 11.6. The van der Waals surface area contributed by atoms with Crippen LogP contribution in [-0.2, 0) is 21.3 Å². The van der Waals surface area contributed by atoms with E-state index in [1.807, 2.05) is 13.8 Å². The van der Waals surface area contributed by atoms with E-state index < -0.39 is 16.5 Å². The van der Waals surface area contributed by atoms with Crippen LogP contribution in [0.25, 0.3) is 0 Å². The Balaban J connectivity index is 2.94. The third-order valence-corrected chi connectivity index (χ3v) is 4.07. The molecule has 1 rings (SSSR count). The van der Waals surface area contributed by atoms with Crippen LogP contribution < -0.4 is 10.5 Å². The van der Waals surface area contributed by atoms with E-state index >= 15 is 0 Å². The molecule has 0 aromatic carbocycles. The predicted molar refractivity (Wildman–Crippen MR) is 59.6 cm³/mol. The summed E-state index contributed by atoms with van der Waals surface area (Å²) >= 11 is 1.24. The number of rotatable bonds is 3. The number of nitrogens with one attached hydrogen (secondary N) is 1. The minimum absolute atomic E-state index is 0.134. The second-order valence-corrected chi connectivity index (χ2v) is 5.91. The highest BCUT2D eigenvalue weighted by molar-refractivity contribution is 7.85. The molecular weight excluding hydrogens is 234 g/mol. The summed E-state index contributed by atoms with van der Waals surface area (Å²) in [5, 5.41) is 8.67. The van der Waals surface area contributed by atoms with Crippen molar-refractivity contribution in [1.82, 2.24) is 10.3 Å². The topological polar surface area (TPSA) is 85.1 Å². The number of hydrogen-bond acceptors (Lipinski definition) is 4. The average Bonchev–Trinajstić information content (AvgIpc) is 2.48. The highest BCUT2D eigenvalue weighted by Gasteiger charge is 2.25. The third-order valence-electron chi connectivity index (χ3n) is 1.71. The van der Waals surface area contributed by atoms with Crippen molar-refractivity contribution in [3.05, 3.63) is 11.2 Å². The minimum Gasteiger partial charge on any atom is -0.345 e. The van der Waals surface area contributed by atoms with E-state index in [0.717, 1.165) is 0 Å². The van der Waals surface area contributed by atoms with Gasteiger partial charge < -0.3 is 5.32 Å². The van der Waals surface area contributed by atoms with Gasteiger partial charge in [-0.15, -0.1) is 11.3 Å². The molecule has 0 bridgehead atoms. The van der Waals surface area contributed by atoms with Gasteiger partial charge in [-0.2, -0.15) is 0 Å². The van der Waals surface area contributed by atoms with Crippen LogP contribution in [0.5, 0.6) is 0 Å². The predicted octanol–water partition coefficient (Wildman–Crippen LogP) is 0.496. The first-order chi connectivity index (χ1) is 6.83. The highest BCUT2D eigenvalue weighted by atomic mass is 32.2. The Labute approximate surface area is 94.7 Å². The van der Waals surface area contributed by atoms with Gasteiger partial charge in [-0.1, -0.05) is 0 Å². The summed E-state index contributed by atoms with van der Waals surface area (Å²) in [6.45, 7) is 5.10. The summed E-state index contributed by atoms with van der Waals surface area (Å²) < 4.78 is 11.5. The minimum atomic E-state index is -1.51. The van der Waals surface area contributed by atoms with E-state index in [2.05, 4.69) is 10.3 Å². The zero-order valence-electron chi connectivity index (χ0n) is 8.73. The summed E-state index contributed by atoms with van der Waals surface area (Å²) in [5.41, 5.74) is -0.561. The van der Waals surface area contributed by atoms with Crippen molar-refractivity contribution < 1.29 is 9.00 Å². The largest absolute Gasteiger partial charge is 0.345 e. The number of amides is 1. The van der Waals surface area contributed by atoms with Crippen LogP contribution in [0.3, 0.4) is 0 Å². The molecule has 0 spiro atoms. The Morgan fingerprint density at radius 2 is 2.27 bits per heavy atom. The number of nitrogens with two attached hydrogens (primary N) is 1. The highest BCUT2D eigenvalue weighted by Crippen LogP contribution is 2.26. The van der Waals surface area contributed by atoms with E-state index in [0.29, 0.717) is 9.22 Å². The van der Waals surface area contributed by atoms with E-state index in [1.165, 1.54) is 24.5 Å². The number of carbonyl (C=O) groups is 1. The van der Waals surface area contributed by atoms with Gasteiger partial charge in [0.15, 0.2) is 0 Å². The van der Waals surface area contributed by atoms with Crippen molar-refractivity contribution in [1.29, 1.82) is 0 Å². The molecule has 5 nitrogen and oxygen atoms in total. The lowest BCUT2D eigenvalue weighted by atomic mass is 10.1. The van der Waals surface area contributed by atoms with Crippen molar-refractivity contribution in [2.45, 2.75) is 30.5 Å². The lowest BCUT2D eigenvalue weighted by Crippen LogP contribution is -2.39. The molecular formula is C8H13N3O2S2. The molecule has 1 aromatic heterocycles. The van der Waals surface area contributed by atoms with Gasteiger partial charge in [-0.05, 0) is 13.8 Å². The SMILES string of the molecule is CC(=O)NC(C)(C)c1ncc(S(N)=O)s1. The van der Waals surface area contributed by atoms with Crippen molar-refractivity contribution in [2.24, 2.45) is 5.14 Å². The van der Waals surface area contributed by atoms with Gasteiger partial charge >= 0.3 is 0 Å². The molecule has 1 heterocycles. The fraction of sp³-hybridized carbons (Fsp3) is 0.500. The molecule has 0 radical (unpaired) electrons. The Hall–Kier alpha value is -0.790. The van der Waals surface area contributed by atoms with Gasteiger partial charge in [0.25, 0.3) is 0 Å². The van der Waals surface area contributed by atoms with Crippen molar-refractivity contribution in [2.75, 3.05) is 0 Å². The Morgan fingerprint density at radius 3 is 2.67 bits per heavy atom. The second-order valence-electron chi connectivity index (χ2n) is 3.59. The fourth-order valence-electron chi connectivity index (χ4n) is 1.13. The zero-order valence-corrected chi connectivity index (χ0v) is 10.4. The number of nitrogens with zero attached hydrogens (tertiary/aromatic N) is 1. The molecule has 0 aliphatic heterocycles. The monoisotopic (exact) mass is 247 g/mol. The molecule has 0 aliphatic rings. The molecule has 7 heteroatoms. The number of carbonyl (C=O) groups excluding carboxylic acids is 1. The van der Waals surface area contributed by atoms with E-state index in [9.17, 15) is 9.00 Å². The van der Waals surface area contributed by atoms with E-state index in [-0.39, 0.29) is 5.91 Å². The summed E-state index contributed by atoms with van der Waals surface area (Å²) in [4.78, 5) is 15.0. The molecule has 0 aliphatic carbocycles. The first-order valence-corrected chi connectivity index (χ1v) is 6.27. The molecule has 0 fully saturated rings. The van der Waals surface area contributed by atoms with Crippen molar-refractivity contribution >= 4 is 28.2 Å². The molecule has 0 saturated carbocycles. The van der Waals surface area contributed by atoms with Crippen LogP contribution in [-0.4, -0.2) is 15.1 Å². The molecule has 1 unspecified atom stereocenters. The lowest BCUT2D eigenvalue weighted by Gasteiger charge is -2.22. The molecule has 0 saturated heterocycles. The van der Waals surface area contributed by atoms with Crippen LogP contribution in [0.4, 0.5) is 0 Å². The van der Waals surface area contributed by atoms with Gasteiger partial charge in [-0.3, -0.25) is 4.79 Å². The average molecular weight is 247 g/mol. The van der Waals surface area contributed by atoms with Gasteiger partial charge in [0.2, 0.25) is 5.91 Å². The van der Waals surface area contributed by atoms with Crippen LogP contribution in [0.15, 0.2) is 10.4 Å².